The van der Waals surface area contributed by atoms with Crippen LogP contribution in [0.15, 0.2) is 48.1 Å². The Morgan fingerprint density at radius 2 is 1.79 bits per heavy atom. The Hall–Kier alpha value is -3.12. The van der Waals surface area contributed by atoms with E-state index in [1.165, 1.54) is 11.1 Å². The van der Waals surface area contributed by atoms with Crippen molar-refractivity contribution >= 4 is 33.1 Å². The minimum Gasteiger partial charge on any atom is -0.497 e. The van der Waals surface area contributed by atoms with E-state index in [1.807, 2.05) is 18.2 Å². The topological polar surface area (TPSA) is 56.3 Å². The summed E-state index contributed by atoms with van der Waals surface area (Å²) in [6, 6.07) is 12.1. The highest BCUT2D eigenvalue weighted by Gasteiger charge is 2.15. The third-order valence-corrected chi connectivity index (χ3v) is 5.73. The quantitative estimate of drug-likeness (QED) is 0.470. The van der Waals surface area contributed by atoms with E-state index in [1.54, 1.807) is 31.9 Å². The van der Waals surface area contributed by atoms with E-state index >= 15 is 0 Å². The summed E-state index contributed by atoms with van der Waals surface area (Å²) in [5.41, 5.74) is 5.61. The first kappa shape index (κ1) is 18.3. The molecular formula is C22H21N3O2S. The van der Waals surface area contributed by atoms with Crippen LogP contribution >= 0.6 is 11.3 Å². The molecular weight excluding hydrogens is 370 g/mol. The summed E-state index contributed by atoms with van der Waals surface area (Å²) in [7, 11) is 3.29. The molecule has 0 unspecified atom stereocenters. The maximum absolute atomic E-state index is 5.50. The van der Waals surface area contributed by atoms with Crippen LogP contribution in [-0.2, 0) is 0 Å². The molecule has 1 N–H and O–H groups in total. The van der Waals surface area contributed by atoms with Gasteiger partial charge in [0.25, 0.3) is 0 Å². The standard InChI is InChI=1S/C22H21N3O2S/c1-13-5-6-15(9-14(13)2)17-11-28-22-20(17)21(23-12-24-22)25-18-10-16(26-3)7-8-19(18)27-4/h5-12H,1-4H3,(H,23,24,25). The first-order valence-corrected chi connectivity index (χ1v) is 9.77. The molecule has 2 aromatic heterocycles. The van der Waals surface area contributed by atoms with Gasteiger partial charge in [0.1, 0.15) is 28.5 Å². The van der Waals surface area contributed by atoms with Crippen LogP contribution in [0.5, 0.6) is 11.5 Å². The second-order valence-corrected chi connectivity index (χ2v) is 7.40. The van der Waals surface area contributed by atoms with Crippen LogP contribution < -0.4 is 14.8 Å². The Kier molecular flexibility index (Phi) is 4.88. The van der Waals surface area contributed by atoms with Crippen molar-refractivity contribution in [3.63, 3.8) is 0 Å². The molecule has 0 bridgehead atoms. The molecule has 142 valence electrons. The van der Waals surface area contributed by atoms with Crippen LogP contribution in [0.4, 0.5) is 11.5 Å². The van der Waals surface area contributed by atoms with E-state index in [4.69, 9.17) is 9.47 Å². The second kappa shape index (κ2) is 7.48. The number of ether oxygens (including phenoxy) is 2. The number of aromatic nitrogens is 2. The predicted octanol–water partition coefficient (Wildman–Crippen LogP) is 5.74. The van der Waals surface area contributed by atoms with Crippen molar-refractivity contribution in [2.45, 2.75) is 13.8 Å². The number of aryl methyl sites for hydroxylation is 2. The highest BCUT2D eigenvalue weighted by Crippen LogP contribution is 2.39. The van der Waals surface area contributed by atoms with Crippen molar-refractivity contribution < 1.29 is 9.47 Å². The molecule has 0 aliphatic heterocycles. The van der Waals surface area contributed by atoms with Gasteiger partial charge in [0.2, 0.25) is 0 Å². The molecule has 0 atom stereocenters. The van der Waals surface area contributed by atoms with Crippen molar-refractivity contribution in [1.82, 2.24) is 9.97 Å². The van der Waals surface area contributed by atoms with Gasteiger partial charge in [0.15, 0.2) is 0 Å². The molecule has 0 spiro atoms. The summed E-state index contributed by atoms with van der Waals surface area (Å²) in [4.78, 5) is 9.91. The van der Waals surface area contributed by atoms with Gasteiger partial charge >= 0.3 is 0 Å². The van der Waals surface area contributed by atoms with Gasteiger partial charge in [-0.1, -0.05) is 18.2 Å². The Bertz CT molecular complexity index is 1150. The van der Waals surface area contributed by atoms with Crippen LogP contribution in [0.3, 0.4) is 0 Å². The number of rotatable bonds is 5. The van der Waals surface area contributed by atoms with E-state index in [0.717, 1.165) is 44.3 Å². The van der Waals surface area contributed by atoms with E-state index in [9.17, 15) is 0 Å². The number of benzene rings is 2. The first-order valence-electron chi connectivity index (χ1n) is 8.89. The minimum atomic E-state index is 0.718. The Morgan fingerprint density at radius 1 is 0.929 bits per heavy atom. The van der Waals surface area contributed by atoms with Gasteiger partial charge in [0.05, 0.1) is 25.3 Å². The molecule has 28 heavy (non-hydrogen) atoms. The zero-order valence-electron chi connectivity index (χ0n) is 16.2. The zero-order valence-corrected chi connectivity index (χ0v) is 17.1. The van der Waals surface area contributed by atoms with Gasteiger partial charge in [0, 0.05) is 17.0 Å². The van der Waals surface area contributed by atoms with E-state index in [2.05, 4.69) is 52.7 Å². The summed E-state index contributed by atoms with van der Waals surface area (Å²) in [5.74, 6) is 2.20. The molecule has 5 nitrogen and oxygen atoms in total. The SMILES string of the molecule is COc1ccc(OC)c(Nc2ncnc3scc(-c4ccc(C)c(C)c4)c23)c1. The van der Waals surface area contributed by atoms with Crippen LogP contribution in [-0.4, -0.2) is 24.2 Å². The average Bonchev–Trinajstić information content (AvgIpc) is 3.15. The van der Waals surface area contributed by atoms with Crippen molar-refractivity contribution in [3.8, 4) is 22.6 Å². The lowest BCUT2D eigenvalue weighted by Crippen LogP contribution is -1.99. The molecule has 0 fully saturated rings. The third-order valence-electron chi connectivity index (χ3n) is 4.85. The van der Waals surface area contributed by atoms with Gasteiger partial charge in [-0.15, -0.1) is 11.3 Å². The number of methoxy groups -OCH3 is 2. The van der Waals surface area contributed by atoms with Gasteiger partial charge in [-0.05, 0) is 42.7 Å². The summed E-state index contributed by atoms with van der Waals surface area (Å²) >= 11 is 1.61. The van der Waals surface area contributed by atoms with Crippen LogP contribution in [0, 0.1) is 13.8 Å². The molecule has 0 saturated heterocycles. The second-order valence-electron chi connectivity index (χ2n) is 6.54. The molecule has 6 heteroatoms. The van der Waals surface area contributed by atoms with Gasteiger partial charge in [-0.2, -0.15) is 0 Å². The number of nitrogens with zero attached hydrogens (tertiary/aromatic N) is 2. The minimum absolute atomic E-state index is 0.718. The average molecular weight is 391 g/mol. The number of nitrogens with one attached hydrogen (secondary N) is 1. The third kappa shape index (κ3) is 3.27. The maximum Gasteiger partial charge on any atom is 0.143 e. The predicted molar refractivity (Wildman–Crippen MR) is 115 cm³/mol. The Morgan fingerprint density at radius 3 is 2.54 bits per heavy atom. The lowest BCUT2D eigenvalue weighted by atomic mass is 10.0. The summed E-state index contributed by atoms with van der Waals surface area (Å²) in [6.07, 6.45) is 1.58. The highest BCUT2D eigenvalue weighted by atomic mass is 32.1. The normalized spacial score (nSPS) is 10.9. The molecule has 2 aromatic carbocycles. The smallest absolute Gasteiger partial charge is 0.143 e. The van der Waals surface area contributed by atoms with Crippen molar-refractivity contribution in [2.24, 2.45) is 0 Å². The summed E-state index contributed by atoms with van der Waals surface area (Å²) < 4.78 is 10.9. The molecule has 4 rings (SSSR count). The van der Waals surface area contributed by atoms with Crippen LogP contribution in [0.25, 0.3) is 21.3 Å². The number of anilines is 2. The molecule has 0 radical (unpaired) electrons. The largest absolute Gasteiger partial charge is 0.497 e. The maximum atomic E-state index is 5.50. The van der Waals surface area contributed by atoms with Crippen LogP contribution in [0.2, 0.25) is 0 Å². The van der Waals surface area contributed by atoms with E-state index < -0.39 is 0 Å². The summed E-state index contributed by atoms with van der Waals surface area (Å²) in [6.45, 7) is 4.25. The monoisotopic (exact) mass is 391 g/mol. The van der Waals surface area contributed by atoms with Gasteiger partial charge < -0.3 is 14.8 Å². The molecule has 0 aliphatic carbocycles. The fourth-order valence-electron chi connectivity index (χ4n) is 3.13. The Labute approximate surface area is 168 Å². The van der Waals surface area contributed by atoms with Crippen molar-refractivity contribution in [3.05, 3.63) is 59.2 Å². The molecule has 0 saturated carbocycles. The molecule has 2 heterocycles. The Balaban J connectivity index is 1.85. The number of hydrogen-bond donors (Lipinski definition) is 1. The fraction of sp³-hybridized carbons (Fsp3) is 0.182. The fourth-order valence-corrected chi connectivity index (χ4v) is 4.05. The van der Waals surface area contributed by atoms with E-state index in [0.29, 0.717) is 0 Å². The zero-order chi connectivity index (χ0) is 19.7. The lowest BCUT2D eigenvalue weighted by molar-refractivity contribution is 0.405. The lowest BCUT2D eigenvalue weighted by Gasteiger charge is -2.13. The summed E-state index contributed by atoms with van der Waals surface area (Å²) in [5, 5.41) is 6.55. The van der Waals surface area contributed by atoms with Crippen molar-refractivity contribution in [2.75, 3.05) is 19.5 Å². The van der Waals surface area contributed by atoms with E-state index in [-0.39, 0.29) is 0 Å². The molecule has 4 aromatic rings. The molecule has 0 amide bonds. The van der Waals surface area contributed by atoms with Gasteiger partial charge in [-0.3, -0.25) is 0 Å². The number of thiophene rings is 1. The first-order chi connectivity index (χ1) is 13.6. The molecule has 0 aliphatic rings. The van der Waals surface area contributed by atoms with Crippen molar-refractivity contribution in [1.29, 1.82) is 0 Å². The highest BCUT2D eigenvalue weighted by molar-refractivity contribution is 7.17. The van der Waals surface area contributed by atoms with Gasteiger partial charge in [-0.25, -0.2) is 9.97 Å². The number of fused-ring (bicyclic) bond motifs is 1. The number of hydrogen-bond acceptors (Lipinski definition) is 6. The van der Waals surface area contributed by atoms with Crippen LogP contribution in [0.1, 0.15) is 11.1 Å².